The Morgan fingerprint density at radius 3 is 2.52 bits per heavy atom. The number of carbonyl (C=O) groups is 2. The monoisotopic (exact) mass is 371 g/mol. The Morgan fingerprint density at radius 2 is 1.89 bits per heavy atom. The average molecular weight is 371 g/mol. The van der Waals surface area contributed by atoms with Crippen LogP contribution in [-0.2, 0) is 9.53 Å². The van der Waals surface area contributed by atoms with Crippen LogP contribution in [0.25, 0.3) is 0 Å². The molecule has 0 saturated carbocycles. The third-order valence-electron chi connectivity index (χ3n) is 4.10. The van der Waals surface area contributed by atoms with Crippen LogP contribution in [0.15, 0.2) is 36.4 Å². The quantitative estimate of drug-likeness (QED) is 0.476. The summed E-state index contributed by atoms with van der Waals surface area (Å²) in [6.07, 6.45) is 0. The third-order valence-corrected chi connectivity index (χ3v) is 4.10. The molecule has 0 aromatic heterocycles. The second-order valence-corrected chi connectivity index (χ2v) is 6.23. The largest absolute Gasteiger partial charge is 0.452 e. The van der Waals surface area contributed by atoms with Crippen molar-refractivity contribution in [3.8, 4) is 0 Å². The van der Waals surface area contributed by atoms with Crippen molar-refractivity contribution in [3.05, 3.63) is 63.2 Å². The van der Waals surface area contributed by atoms with E-state index in [0.717, 1.165) is 17.2 Å². The summed E-state index contributed by atoms with van der Waals surface area (Å²) in [6, 6.07) is 9.52. The van der Waals surface area contributed by atoms with Gasteiger partial charge in [-0.05, 0) is 43.2 Å². The first kappa shape index (κ1) is 19.9. The first-order chi connectivity index (χ1) is 12.7. The summed E-state index contributed by atoms with van der Waals surface area (Å²) in [5, 5.41) is 13.9. The Morgan fingerprint density at radius 1 is 1.19 bits per heavy atom. The van der Waals surface area contributed by atoms with Crippen LogP contribution in [-0.4, -0.2) is 37.5 Å². The van der Waals surface area contributed by atoms with Gasteiger partial charge in [-0.3, -0.25) is 14.9 Å². The molecule has 0 atom stereocenters. The molecule has 0 heterocycles. The summed E-state index contributed by atoms with van der Waals surface area (Å²) in [7, 11) is 3.33. The molecule has 1 amide bonds. The van der Waals surface area contributed by atoms with E-state index >= 15 is 0 Å². The van der Waals surface area contributed by atoms with E-state index in [4.69, 9.17) is 4.74 Å². The second-order valence-electron chi connectivity index (χ2n) is 6.23. The fourth-order valence-electron chi connectivity index (χ4n) is 2.46. The Labute approximate surface area is 156 Å². The maximum atomic E-state index is 12.1. The SMILES string of the molecule is Cc1cccc(NC(=O)COC(=O)c2ccc(N(C)C)c([N+](=O)[O-])c2)c1C. The summed E-state index contributed by atoms with van der Waals surface area (Å²) >= 11 is 0. The van der Waals surface area contributed by atoms with Gasteiger partial charge in [-0.2, -0.15) is 0 Å². The van der Waals surface area contributed by atoms with Gasteiger partial charge in [0.05, 0.1) is 10.5 Å². The van der Waals surface area contributed by atoms with Crippen molar-refractivity contribution < 1.29 is 19.2 Å². The number of ether oxygens (including phenoxy) is 1. The van der Waals surface area contributed by atoms with Gasteiger partial charge >= 0.3 is 5.97 Å². The van der Waals surface area contributed by atoms with Crippen molar-refractivity contribution in [1.29, 1.82) is 0 Å². The van der Waals surface area contributed by atoms with E-state index in [1.165, 1.54) is 12.1 Å². The van der Waals surface area contributed by atoms with Gasteiger partial charge in [-0.1, -0.05) is 12.1 Å². The lowest BCUT2D eigenvalue weighted by atomic mass is 10.1. The van der Waals surface area contributed by atoms with Crippen LogP contribution in [0.1, 0.15) is 21.5 Å². The lowest BCUT2D eigenvalue weighted by molar-refractivity contribution is -0.384. The van der Waals surface area contributed by atoms with E-state index < -0.39 is 23.4 Å². The first-order valence-corrected chi connectivity index (χ1v) is 8.19. The normalized spacial score (nSPS) is 10.2. The van der Waals surface area contributed by atoms with Gasteiger partial charge in [-0.25, -0.2) is 4.79 Å². The number of carbonyl (C=O) groups excluding carboxylic acids is 2. The van der Waals surface area contributed by atoms with E-state index in [2.05, 4.69) is 5.32 Å². The average Bonchev–Trinajstić information content (AvgIpc) is 2.62. The van der Waals surface area contributed by atoms with Crippen molar-refractivity contribution in [2.75, 3.05) is 30.9 Å². The van der Waals surface area contributed by atoms with Crippen molar-refractivity contribution in [1.82, 2.24) is 0 Å². The van der Waals surface area contributed by atoms with Gasteiger partial charge in [0.2, 0.25) is 0 Å². The van der Waals surface area contributed by atoms with Crippen LogP contribution < -0.4 is 10.2 Å². The van der Waals surface area contributed by atoms with E-state index in [1.54, 1.807) is 25.1 Å². The number of nitro benzene ring substituents is 1. The third kappa shape index (κ3) is 4.81. The van der Waals surface area contributed by atoms with Crippen LogP contribution >= 0.6 is 0 Å². The molecule has 2 aromatic carbocycles. The molecule has 0 aliphatic heterocycles. The van der Waals surface area contributed by atoms with E-state index in [0.29, 0.717) is 11.4 Å². The Kier molecular flexibility index (Phi) is 6.12. The van der Waals surface area contributed by atoms with Crippen LogP contribution in [0, 0.1) is 24.0 Å². The molecule has 1 N–H and O–H groups in total. The van der Waals surface area contributed by atoms with Gasteiger partial charge in [0.1, 0.15) is 5.69 Å². The minimum Gasteiger partial charge on any atom is -0.452 e. The minimum atomic E-state index is -0.806. The Bertz CT molecular complexity index is 893. The molecule has 0 saturated heterocycles. The molecular formula is C19H21N3O5. The first-order valence-electron chi connectivity index (χ1n) is 8.19. The minimum absolute atomic E-state index is 0.00633. The van der Waals surface area contributed by atoms with Gasteiger partial charge in [0.25, 0.3) is 11.6 Å². The molecule has 0 unspecified atom stereocenters. The fourth-order valence-corrected chi connectivity index (χ4v) is 2.46. The molecule has 0 fully saturated rings. The molecule has 8 heteroatoms. The molecule has 2 aromatic rings. The predicted molar refractivity (Wildman–Crippen MR) is 102 cm³/mol. The van der Waals surface area contributed by atoms with Crippen molar-refractivity contribution >= 4 is 28.9 Å². The van der Waals surface area contributed by atoms with E-state index in [1.807, 2.05) is 26.0 Å². The summed E-state index contributed by atoms with van der Waals surface area (Å²) in [5.41, 5.74) is 2.75. The molecule has 142 valence electrons. The van der Waals surface area contributed by atoms with Crippen LogP contribution in [0.3, 0.4) is 0 Å². The number of anilines is 2. The number of nitrogens with one attached hydrogen (secondary N) is 1. The number of nitro groups is 1. The highest BCUT2D eigenvalue weighted by atomic mass is 16.6. The van der Waals surface area contributed by atoms with E-state index in [9.17, 15) is 19.7 Å². The molecular weight excluding hydrogens is 350 g/mol. The highest BCUT2D eigenvalue weighted by Crippen LogP contribution is 2.28. The Balaban J connectivity index is 2.05. The topological polar surface area (TPSA) is 102 Å². The molecule has 0 spiro atoms. The lowest BCUT2D eigenvalue weighted by Crippen LogP contribution is -2.21. The molecule has 0 bridgehead atoms. The summed E-state index contributed by atoms with van der Waals surface area (Å²) in [5.74, 6) is -1.30. The molecule has 27 heavy (non-hydrogen) atoms. The molecule has 8 nitrogen and oxygen atoms in total. The smallest absolute Gasteiger partial charge is 0.338 e. The van der Waals surface area contributed by atoms with Gasteiger partial charge in [0.15, 0.2) is 6.61 Å². The van der Waals surface area contributed by atoms with Gasteiger partial charge in [-0.15, -0.1) is 0 Å². The van der Waals surface area contributed by atoms with Crippen molar-refractivity contribution in [2.24, 2.45) is 0 Å². The number of nitrogens with zero attached hydrogens (tertiary/aromatic N) is 2. The maximum Gasteiger partial charge on any atom is 0.338 e. The standard InChI is InChI=1S/C19H21N3O5/c1-12-6-5-7-15(13(12)2)20-18(23)11-27-19(24)14-8-9-16(21(3)4)17(10-14)22(25)26/h5-10H,11H2,1-4H3,(H,20,23). The number of benzene rings is 2. The zero-order chi connectivity index (χ0) is 20.1. The van der Waals surface area contributed by atoms with Gasteiger partial charge < -0.3 is 15.0 Å². The summed E-state index contributed by atoms with van der Waals surface area (Å²) < 4.78 is 4.98. The zero-order valence-electron chi connectivity index (χ0n) is 15.6. The second kappa shape index (κ2) is 8.31. The fraction of sp³-hybridized carbons (Fsp3) is 0.263. The zero-order valence-corrected chi connectivity index (χ0v) is 15.6. The molecule has 0 radical (unpaired) electrons. The van der Waals surface area contributed by atoms with Crippen LogP contribution in [0.5, 0.6) is 0 Å². The number of hydrogen-bond donors (Lipinski definition) is 1. The number of esters is 1. The number of amides is 1. The highest BCUT2D eigenvalue weighted by Gasteiger charge is 2.20. The predicted octanol–water partition coefficient (Wildman–Crippen LogP) is 3.07. The lowest BCUT2D eigenvalue weighted by Gasteiger charge is -2.13. The van der Waals surface area contributed by atoms with Crippen molar-refractivity contribution in [3.63, 3.8) is 0 Å². The Hall–Kier alpha value is -3.42. The van der Waals surface area contributed by atoms with Crippen molar-refractivity contribution in [2.45, 2.75) is 13.8 Å². The number of rotatable bonds is 6. The molecule has 0 aliphatic carbocycles. The molecule has 0 aliphatic rings. The van der Waals surface area contributed by atoms with Gasteiger partial charge in [0, 0.05) is 25.8 Å². The summed E-state index contributed by atoms with van der Waals surface area (Å²) in [6.45, 7) is 3.31. The maximum absolute atomic E-state index is 12.1. The van der Waals surface area contributed by atoms with E-state index in [-0.39, 0.29) is 11.3 Å². The summed E-state index contributed by atoms with van der Waals surface area (Å²) in [4.78, 5) is 36.4. The highest BCUT2D eigenvalue weighted by molar-refractivity contribution is 5.96. The van der Waals surface area contributed by atoms with Crippen LogP contribution in [0.4, 0.5) is 17.1 Å². The molecule has 2 rings (SSSR count). The number of hydrogen-bond acceptors (Lipinski definition) is 6. The number of aryl methyl sites for hydroxylation is 1. The van der Waals surface area contributed by atoms with Crippen LogP contribution in [0.2, 0.25) is 0 Å².